The van der Waals surface area contributed by atoms with Gasteiger partial charge in [-0.2, -0.15) is 0 Å². The Kier molecular flexibility index (Phi) is 6.49. The summed E-state index contributed by atoms with van der Waals surface area (Å²) < 4.78 is 22.3. The van der Waals surface area contributed by atoms with E-state index in [9.17, 15) is 24.5 Å². The van der Waals surface area contributed by atoms with E-state index in [4.69, 9.17) is 18.9 Å². The number of imidazole rings is 1. The summed E-state index contributed by atoms with van der Waals surface area (Å²) >= 11 is 3.05. The Morgan fingerprint density at radius 3 is 2.30 bits per heavy atom. The molecule has 0 aromatic carbocycles. The summed E-state index contributed by atoms with van der Waals surface area (Å²) in [5, 5.41) is 11.0. The van der Waals surface area contributed by atoms with Crippen molar-refractivity contribution in [2.45, 2.75) is 45.3 Å². The maximum Gasteiger partial charge on any atom is 0.396 e. The van der Waals surface area contributed by atoms with Crippen molar-refractivity contribution < 1.29 is 38.3 Å². The molecule has 1 aliphatic heterocycles. The Balaban J connectivity index is 2.41. The zero-order valence-corrected chi connectivity index (χ0v) is 16.1. The SMILES string of the molecule is CC(=O)OC[C@H]1O[C@@H](n2cnc([N+](=O)[O-])c2Br)[C@@H](OC(C)=O)[C@H]1OC(C)=O. The Hall–Kier alpha value is -2.54. The molecule has 1 aliphatic rings. The minimum absolute atomic E-state index is 0.0376. The van der Waals surface area contributed by atoms with Crippen LogP contribution in [0.4, 0.5) is 5.82 Å². The molecule has 27 heavy (non-hydrogen) atoms. The molecular weight excluding hydrogens is 434 g/mol. The zero-order valence-electron chi connectivity index (χ0n) is 14.5. The number of hydrogen-bond donors (Lipinski definition) is 0. The lowest BCUT2D eigenvalue weighted by Gasteiger charge is -2.23. The second-order valence-corrected chi connectivity index (χ2v) is 6.29. The van der Waals surface area contributed by atoms with Gasteiger partial charge in [0.2, 0.25) is 6.33 Å². The molecule has 0 spiro atoms. The summed E-state index contributed by atoms with van der Waals surface area (Å²) in [5.74, 6) is -2.44. The highest BCUT2D eigenvalue weighted by Gasteiger charge is 2.51. The van der Waals surface area contributed by atoms with Crippen LogP contribution in [0.5, 0.6) is 0 Å². The lowest BCUT2D eigenvalue weighted by Crippen LogP contribution is -2.40. The molecule has 12 nitrogen and oxygen atoms in total. The van der Waals surface area contributed by atoms with Crippen LogP contribution >= 0.6 is 15.9 Å². The fourth-order valence-electron chi connectivity index (χ4n) is 2.55. The minimum atomic E-state index is -1.16. The van der Waals surface area contributed by atoms with Crippen LogP contribution in [0.2, 0.25) is 0 Å². The lowest BCUT2D eigenvalue weighted by atomic mass is 10.1. The van der Waals surface area contributed by atoms with Crippen LogP contribution in [0.1, 0.15) is 27.0 Å². The molecule has 1 fully saturated rings. The summed E-state index contributed by atoms with van der Waals surface area (Å²) in [4.78, 5) is 48.1. The van der Waals surface area contributed by atoms with Crippen molar-refractivity contribution in [2.24, 2.45) is 0 Å². The molecule has 4 atom stereocenters. The first-order valence-corrected chi connectivity index (χ1v) is 8.41. The standard InChI is InChI=1S/C14H16BrN3O9/c1-6(19)24-4-9-10(25-7(2)20)11(26-8(3)21)14(27-9)17-5-16-13(12(17)15)18(22)23/h5,9-11,14H,4H2,1-3H3/t9-,10+,11+,14-/m1/s1. The molecule has 0 amide bonds. The third kappa shape index (κ3) is 4.80. The van der Waals surface area contributed by atoms with Crippen molar-refractivity contribution in [1.82, 2.24) is 9.55 Å². The van der Waals surface area contributed by atoms with Gasteiger partial charge in [0.25, 0.3) is 0 Å². The first-order chi connectivity index (χ1) is 12.6. The third-order valence-electron chi connectivity index (χ3n) is 3.50. The van der Waals surface area contributed by atoms with E-state index in [0.717, 1.165) is 20.2 Å². The number of carbonyl (C=O) groups excluding carboxylic acids is 3. The van der Waals surface area contributed by atoms with E-state index < -0.39 is 53.2 Å². The molecule has 0 saturated carbocycles. The van der Waals surface area contributed by atoms with Gasteiger partial charge in [0.15, 0.2) is 23.0 Å². The fourth-order valence-corrected chi connectivity index (χ4v) is 3.09. The van der Waals surface area contributed by atoms with Gasteiger partial charge < -0.3 is 29.1 Å². The highest BCUT2D eigenvalue weighted by Crippen LogP contribution is 2.38. The monoisotopic (exact) mass is 449 g/mol. The first kappa shape index (κ1) is 20.8. The van der Waals surface area contributed by atoms with Gasteiger partial charge in [-0.05, 0) is 25.8 Å². The highest BCUT2D eigenvalue weighted by atomic mass is 79.9. The van der Waals surface area contributed by atoms with Crippen LogP contribution in [0, 0.1) is 10.1 Å². The molecule has 0 unspecified atom stereocenters. The summed E-state index contributed by atoms with van der Waals surface area (Å²) in [6.45, 7) is 3.20. The van der Waals surface area contributed by atoms with E-state index >= 15 is 0 Å². The molecule has 2 heterocycles. The van der Waals surface area contributed by atoms with Crippen LogP contribution in [-0.4, -0.2) is 57.3 Å². The summed E-state index contributed by atoms with van der Waals surface area (Å²) in [6.07, 6.45) is -3.24. The second-order valence-electron chi connectivity index (χ2n) is 5.54. The molecule has 13 heteroatoms. The second kappa shape index (κ2) is 8.43. The van der Waals surface area contributed by atoms with E-state index in [-0.39, 0.29) is 11.2 Å². The quantitative estimate of drug-likeness (QED) is 0.265. The van der Waals surface area contributed by atoms with Crippen molar-refractivity contribution in [3.63, 3.8) is 0 Å². The highest BCUT2D eigenvalue weighted by molar-refractivity contribution is 9.10. The lowest BCUT2D eigenvalue weighted by molar-refractivity contribution is -0.390. The van der Waals surface area contributed by atoms with Gasteiger partial charge in [-0.25, -0.2) is 0 Å². The Labute approximate surface area is 161 Å². The molecular formula is C14H16BrN3O9. The number of esters is 3. The van der Waals surface area contributed by atoms with Gasteiger partial charge in [-0.1, -0.05) is 0 Å². The van der Waals surface area contributed by atoms with Crippen molar-refractivity contribution in [3.8, 4) is 0 Å². The van der Waals surface area contributed by atoms with E-state index in [1.807, 2.05) is 0 Å². The number of hydrogen-bond acceptors (Lipinski definition) is 10. The van der Waals surface area contributed by atoms with Crippen LogP contribution < -0.4 is 0 Å². The van der Waals surface area contributed by atoms with E-state index in [2.05, 4.69) is 20.9 Å². The number of halogens is 1. The Morgan fingerprint density at radius 2 is 1.81 bits per heavy atom. The normalized spacial score (nSPS) is 24.3. The Bertz CT molecular complexity index is 765. The minimum Gasteiger partial charge on any atom is -0.463 e. The molecule has 1 aromatic rings. The molecule has 0 bridgehead atoms. The summed E-state index contributed by atoms with van der Waals surface area (Å²) in [7, 11) is 0. The van der Waals surface area contributed by atoms with E-state index in [1.165, 1.54) is 11.5 Å². The van der Waals surface area contributed by atoms with Crippen molar-refractivity contribution in [1.29, 1.82) is 0 Å². The number of nitro groups is 1. The van der Waals surface area contributed by atoms with Gasteiger partial charge >= 0.3 is 23.7 Å². The van der Waals surface area contributed by atoms with Crippen LogP contribution in [0.3, 0.4) is 0 Å². The summed E-state index contributed by atoms with van der Waals surface area (Å²) in [5.41, 5.74) is 0. The first-order valence-electron chi connectivity index (χ1n) is 7.61. The van der Waals surface area contributed by atoms with Gasteiger partial charge in [0, 0.05) is 20.8 Å². The van der Waals surface area contributed by atoms with E-state index in [0.29, 0.717) is 0 Å². The molecule has 1 aromatic heterocycles. The van der Waals surface area contributed by atoms with Crippen LogP contribution in [-0.2, 0) is 33.3 Å². The van der Waals surface area contributed by atoms with Gasteiger partial charge in [0.05, 0.1) is 0 Å². The topological polar surface area (TPSA) is 149 Å². The number of nitrogens with zero attached hydrogens (tertiary/aromatic N) is 3. The molecule has 0 radical (unpaired) electrons. The van der Waals surface area contributed by atoms with Gasteiger partial charge in [-0.15, -0.1) is 0 Å². The van der Waals surface area contributed by atoms with Crippen molar-refractivity contribution in [3.05, 3.63) is 21.0 Å². The molecule has 0 N–H and O–H groups in total. The van der Waals surface area contributed by atoms with Crippen molar-refractivity contribution >= 4 is 39.7 Å². The fraction of sp³-hybridized carbons (Fsp3) is 0.571. The largest absolute Gasteiger partial charge is 0.463 e. The number of ether oxygens (including phenoxy) is 4. The zero-order chi connectivity index (χ0) is 20.3. The number of aromatic nitrogens is 2. The van der Waals surface area contributed by atoms with E-state index in [1.54, 1.807) is 0 Å². The van der Waals surface area contributed by atoms with Gasteiger partial charge in [0.1, 0.15) is 12.7 Å². The number of carbonyl (C=O) groups is 3. The van der Waals surface area contributed by atoms with Crippen molar-refractivity contribution in [2.75, 3.05) is 6.61 Å². The maximum absolute atomic E-state index is 11.5. The van der Waals surface area contributed by atoms with Gasteiger partial charge in [-0.3, -0.25) is 19.0 Å². The molecule has 0 aliphatic carbocycles. The average molecular weight is 450 g/mol. The number of rotatable bonds is 6. The Morgan fingerprint density at radius 1 is 1.22 bits per heavy atom. The molecule has 2 rings (SSSR count). The molecule has 1 saturated heterocycles. The van der Waals surface area contributed by atoms with Crippen LogP contribution in [0.15, 0.2) is 10.9 Å². The average Bonchev–Trinajstić information content (AvgIpc) is 3.06. The summed E-state index contributed by atoms with van der Waals surface area (Å²) in [6, 6.07) is 0. The third-order valence-corrected chi connectivity index (χ3v) is 4.27. The molecule has 148 valence electrons. The maximum atomic E-state index is 11.5. The van der Waals surface area contributed by atoms with Crippen LogP contribution in [0.25, 0.3) is 0 Å². The predicted molar refractivity (Wildman–Crippen MR) is 88.2 cm³/mol. The smallest absolute Gasteiger partial charge is 0.396 e. The predicted octanol–water partition coefficient (Wildman–Crippen LogP) is 0.878.